The van der Waals surface area contributed by atoms with E-state index in [2.05, 4.69) is 47.9 Å². The van der Waals surface area contributed by atoms with E-state index in [4.69, 9.17) is 0 Å². The number of aryl methyl sites for hydroxylation is 1. The van der Waals surface area contributed by atoms with Crippen LogP contribution in [0.5, 0.6) is 5.75 Å². The van der Waals surface area contributed by atoms with E-state index in [0.29, 0.717) is 5.75 Å². The number of fused-ring (bicyclic) bond motifs is 1. The Morgan fingerprint density at radius 2 is 1.76 bits per heavy atom. The molecule has 2 aromatic carbocycles. The summed E-state index contributed by atoms with van der Waals surface area (Å²) in [4.78, 5) is 0. The zero-order valence-corrected chi connectivity index (χ0v) is 14.6. The number of aromatic nitrogens is 1. The topological polar surface area (TPSA) is 24.1 Å². The second kappa shape index (κ2) is 7.04. The molecule has 0 saturated carbocycles. The summed E-state index contributed by atoms with van der Waals surface area (Å²) in [7, 11) is 0. The van der Waals surface area contributed by atoms with Crippen LogP contribution in [0.1, 0.15) is 17.5 Å². The van der Waals surface area contributed by atoms with Crippen molar-refractivity contribution in [3.8, 4) is 5.75 Å². The lowest BCUT2D eigenvalue weighted by Crippen LogP contribution is -3.00. The van der Waals surface area contributed by atoms with Gasteiger partial charge in [-0.2, -0.15) is 4.57 Å². The average Bonchev–Trinajstić information content (AvgIpc) is 2.84. The highest BCUT2D eigenvalue weighted by Gasteiger charge is 2.15. The number of hydrogen-bond acceptors (Lipinski definition) is 2. The number of phenols is 1. The summed E-state index contributed by atoms with van der Waals surface area (Å²) < 4.78 is 3.62. The van der Waals surface area contributed by atoms with Gasteiger partial charge in [0.2, 0.25) is 5.52 Å². The van der Waals surface area contributed by atoms with Gasteiger partial charge in [0.15, 0.2) is 0 Å². The molecule has 0 unspecified atom stereocenters. The summed E-state index contributed by atoms with van der Waals surface area (Å²) in [6.45, 7) is 3.12. The lowest BCUT2D eigenvalue weighted by atomic mass is 10.2. The molecule has 0 atom stereocenters. The average molecular weight is 409 g/mol. The fourth-order valence-corrected chi connectivity index (χ4v) is 3.38. The summed E-state index contributed by atoms with van der Waals surface area (Å²) in [6.07, 6.45) is 4.22. The number of thiazole rings is 1. The molecule has 2 nitrogen and oxygen atoms in total. The number of rotatable bonds is 3. The van der Waals surface area contributed by atoms with Crippen molar-refractivity contribution in [3.63, 3.8) is 0 Å². The Kier molecular flexibility index (Phi) is 5.36. The normalized spacial score (nSPS) is 10.9. The van der Waals surface area contributed by atoms with Crippen LogP contribution in [0.3, 0.4) is 0 Å². The molecule has 0 fully saturated rings. The second-order valence-electron chi connectivity index (χ2n) is 4.58. The first-order chi connectivity index (χ1) is 9.78. The molecule has 108 valence electrons. The highest BCUT2D eigenvalue weighted by Crippen LogP contribution is 2.22. The van der Waals surface area contributed by atoms with Crippen LogP contribution >= 0.6 is 11.3 Å². The Morgan fingerprint density at radius 3 is 2.48 bits per heavy atom. The van der Waals surface area contributed by atoms with Crippen LogP contribution < -0.4 is 28.5 Å². The van der Waals surface area contributed by atoms with E-state index in [0.717, 1.165) is 12.1 Å². The minimum atomic E-state index is 0. The van der Waals surface area contributed by atoms with Crippen molar-refractivity contribution in [1.82, 2.24) is 0 Å². The number of nitrogens with zero attached hydrogens (tertiary/aromatic N) is 1. The Balaban J connectivity index is 0.00000161. The molecule has 3 rings (SSSR count). The molecular formula is C17H16INOS. The molecule has 1 heterocycles. The first-order valence-corrected chi connectivity index (χ1v) is 7.48. The van der Waals surface area contributed by atoms with Gasteiger partial charge in [-0.25, -0.2) is 0 Å². The molecule has 0 radical (unpaired) electrons. The minimum Gasteiger partial charge on any atom is -1.00 e. The summed E-state index contributed by atoms with van der Waals surface area (Å²) in [5.74, 6) is 0.299. The first kappa shape index (κ1) is 16.0. The molecule has 0 saturated heterocycles. The zero-order chi connectivity index (χ0) is 13.9. The summed E-state index contributed by atoms with van der Waals surface area (Å²) in [6, 6.07) is 15.7. The molecule has 1 aromatic heterocycles. The third-order valence-corrected chi connectivity index (χ3v) is 4.40. The van der Waals surface area contributed by atoms with Crippen molar-refractivity contribution >= 4 is 33.7 Å². The molecule has 0 bridgehead atoms. The molecule has 0 aliphatic rings. The van der Waals surface area contributed by atoms with Crippen LogP contribution in [0.15, 0.2) is 48.5 Å². The Morgan fingerprint density at radius 1 is 1.05 bits per heavy atom. The Bertz CT molecular complexity index is 762. The summed E-state index contributed by atoms with van der Waals surface area (Å²) >= 11 is 1.80. The van der Waals surface area contributed by atoms with Gasteiger partial charge in [-0.05, 0) is 36.8 Å². The van der Waals surface area contributed by atoms with Crippen LogP contribution in [0.2, 0.25) is 0 Å². The summed E-state index contributed by atoms with van der Waals surface area (Å²) in [5.41, 5.74) is 2.37. The third kappa shape index (κ3) is 3.44. The fraction of sp³-hybridized carbons (Fsp3) is 0.118. The van der Waals surface area contributed by atoms with Gasteiger partial charge in [-0.15, -0.1) is 0 Å². The largest absolute Gasteiger partial charge is 1.00 e. The van der Waals surface area contributed by atoms with Gasteiger partial charge < -0.3 is 29.1 Å². The van der Waals surface area contributed by atoms with Gasteiger partial charge >= 0.3 is 0 Å². The van der Waals surface area contributed by atoms with Crippen molar-refractivity contribution in [3.05, 3.63) is 59.1 Å². The van der Waals surface area contributed by atoms with E-state index in [1.165, 1.54) is 15.2 Å². The van der Waals surface area contributed by atoms with Gasteiger partial charge in [0.25, 0.3) is 5.01 Å². The lowest BCUT2D eigenvalue weighted by molar-refractivity contribution is -0.665. The minimum absolute atomic E-state index is 0. The van der Waals surface area contributed by atoms with E-state index < -0.39 is 0 Å². The predicted molar refractivity (Wildman–Crippen MR) is 84.7 cm³/mol. The van der Waals surface area contributed by atoms with Crippen LogP contribution in [-0.4, -0.2) is 5.11 Å². The highest BCUT2D eigenvalue weighted by molar-refractivity contribution is 7.18. The second-order valence-corrected chi connectivity index (χ2v) is 5.64. The Labute approximate surface area is 145 Å². The number of para-hydroxylation sites is 1. The van der Waals surface area contributed by atoms with E-state index in [9.17, 15) is 5.11 Å². The van der Waals surface area contributed by atoms with Crippen LogP contribution in [0.4, 0.5) is 0 Å². The van der Waals surface area contributed by atoms with E-state index in [1.807, 2.05) is 12.1 Å². The van der Waals surface area contributed by atoms with Gasteiger partial charge in [0.1, 0.15) is 17.0 Å². The molecule has 21 heavy (non-hydrogen) atoms. The standard InChI is InChI=1S/C17H15NOS.HI/c1-2-18-15-5-3-4-6-16(15)20-17(18)12-9-13-7-10-14(19)11-8-13;/h3-12H,2H2,1H3;1H. The van der Waals surface area contributed by atoms with Crippen molar-refractivity contribution in [2.45, 2.75) is 13.5 Å². The molecule has 0 aliphatic heterocycles. The molecule has 0 aliphatic carbocycles. The molecule has 0 spiro atoms. The monoisotopic (exact) mass is 409 g/mol. The van der Waals surface area contributed by atoms with Crippen LogP contribution in [-0.2, 0) is 6.54 Å². The van der Waals surface area contributed by atoms with Crippen molar-refractivity contribution in [2.75, 3.05) is 0 Å². The number of phenolic OH excluding ortho intramolecular Hbond substituents is 1. The number of halogens is 1. The van der Waals surface area contributed by atoms with Gasteiger partial charge in [0.05, 0.1) is 0 Å². The lowest BCUT2D eigenvalue weighted by Gasteiger charge is -1.94. The molecule has 1 N–H and O–H groups in total. The van der Waals surface area contributed by atoms with Crippen LogP contribution in [0.25, 0.3) is 22.4 Å². The molecular weight excluding hydrogens is 393 g/mol. The predicted octanol–water partition coefficient (Wildman–Crippen LogP) is 1.09. The molecule has 0 amide bonds. The number of benzene rings is 2. The number of aromatic hydroxyl groups is 1. The maximum Gasteiger partial charge on any atom is 0.262 e. The number of hydrogen-bond donors (Lipinski definition) is 1. The fourth-order valence-electron chi connectivity index (χ4n) is 2.26. The van der Waals surface area contributed by atoms with Gasteiger partial charge in [0, 0.05) is 12.1 Å². The van der Waals surface area contributed by atoms with E-state index in [1.54, 1.807) is 23.5 Å². The van der Waals surface area contributed by atoms with Crippen molar-refractivity contribution in [2.24, 2.45) is 0 Å². The smallest absolute Gasteiger partial charge is 0.262 e. The Hall–Kier alpha value is -1.40. The SMILES string of the molecule is CC[n+]1c(/C=C/c2ccc(O)cc2)sc2ccccc21.[I-]. The van der Waals surface area contributed by atoms with Crippen molar-refractivity contribution < 1.29 is 33.7 Å². The maximum atomic E-state index is 9.29. The van der Waals surface area contributed by atoms with Gasteiger partial charge in [-0.3, -0.25) is 0 Å². The third-order valence-electron chi connectivity index (χ3n) is 3.26. The molecule has 4 heteroatoms. The highest BCUT2D eigenvalue weighted by atomic mass is 127. The van der Waals surface area contributed by atoms with Gasteiger partial charge in [-0.1, -0.05) is 35.6 Å². The van der Waals surface area contributed by atoms with Crippen LogP contribution in [0, 0.1) is 0 Å². The van der Waals surface area contributed by atoms with Crippen molar-refractivity contribution in [1.29, 1.82) is 0 Å². The quantitative estimate of drug-likeness (QED) is 0.509. The molecule has 3 aromatic rings. The first-order valence-electron chi connectivity index (χ1n) is 6.66. The van der Waals surface area contributed by atoms with E-state index in [-0.39, 0.29) is 24.0 Å². The maximum absolute atomic E-state index is 9.29. The summed E-state index contributed by atoms with van der Waals surface area (Å²) in [5, 5.41) is 10.5. The van der Waals surface area contributed by atoms with E-state index >= 15 is 0 Å². The zero-order valence-electron chi connectivity index (χ0n) is 11.7.